The Bertz CT molecular complexity index is 1420. The Morgan fingerprint density at radius 3 is 2.41 bits per heavy atom. The Balaban J connectivity index is 0.000000257. The third kappa shape index (κ3) is 4.59. The summed E-state index contributed by atoms with van der Waals surface area (Å²) in [7, 11) is 0. The van der Waals surface area contributed by atoms with Crippen LogP contribution in [0, 0.1) is 11.6 Å². The highest BCUT2D eigenvalue weighted by molar-refractivity contribution is 6.09. The van der Waals surface area contributed by atoms with E-state index in [4.69, 9.17) is 0 Å². The van der Waals surface area contributed by atoms with Gasteiger partial charge in [-0.1, -0.05) is 0 Å². The number of hydrogen-bond donors (Lipinski definition) is 2. The topological polar surface area (TPSA) is 78.3 Å². The maximum absolute atomic E-state index is 12.8. The summed E-state index contributed by atoms with van der Waals surface area (Å²) < 4.78 is 25.6. The second-order valence-corrected chi connectivity index (χ2v) is 8.03. The Labute approximate surface area is 194 Å². The number of aromatic amines is 1. The molecule has 1 aliphatic heterocycles. The van der Waals surface area contributed by atoms with Gasteiger partial charge in [0.15, 0.2) is 0 Å². The zero-order valence-corrected chi connectivity index (χ0v) is 18.2. The van der Waals surface area contributed by atoms with E-state index in [1.165, 1.54) is 12.8 Å². The molecule has 172 valence electrons. The largest absolute Gasteiger partial charge is 0.371 e. The van der Waals surface area contributed by atoms with Gasteiger partial charge in [0.25, 0.3) is 5.91 Å². The number of carbonyl (C=O) groups is 1. The fraction of sp³-hybridized carbons (Fsp3) is 0.160. The van der Waals surface area contributed by atoms with Crippen molar-refractivity contribution in [2.75, 3.05) is 23.3 Å². The van der Waals surface area contributed by atoms with Crippen LogP contribution in [0.25, 0.3) is 16.4 Å². The number of H-pyrrole nitrogens is 1. The lowest BCUT2D eigenvalue weighted by Crippen LogP contribution is -2.18. The molecule has 1 saturated heterocycles. The lowest BCUT2D eigenvalue weighted by Gasteiger charge is -2.17. The van der Waals surface area contributed by atoms with E-state index in [1.54, 1.807) is 16.9 Å². The summed E-state index contributed by atoms with van der Waals surface area (Å²) in [6.45, 7) is 2.13. The van der Waals surface area contributed by atoms with E-state index in [0.29, 0.717) is 5.56 Å². The highest BCUT2D eigenvalue weighted by atomic mass is 19.1. The first-order valence-corrected chi connectivity index (χ1v) is 10.9. The SMILES string of the molecule is Fc1ccc(F)cc1.O=C(Nc1ccc2cn[nH]c2c1)c1cnn2ccc(N3CCCC3)cc12. The average Bonchev–Trinajstić information content (AvgIpc) is 3.61. The van der Waals surface area contributed by atoms with Gasteiger partial charge < -0.3 is 10.2 Å². The van der Waals surface area contributed by atoms with Crippen LogP contribution in [0.5, 0.6) is 0 Å². The molecule has 0 unspecified atom stereocenters. The molecule has 9 heteroatoms. The summed E-state index contributed by atoms with van der Waals surface area (Å²) in [4.78, 5) is 15.1. The van der Waals surface area contributed by atoms with Crippen LogP contribution >= 0.6 is 0 Å². The fourth-order valence-corrected chi connectivity index (χ4v) is 3.96. The van der Waals surface area contributed by atoms with Crippen molar-refractivity contribution in [2.45, 2.75) is 12.8 Å². The lowest BCUT2D eigenvalue weighted by molar-refractivity contribution is 0.102. The smallest absolute Gasteiger partial charge is 0.259 e. The lowest BCUT2D eigenvalue weighted by atomic mass is 10.2. The van der Waals surface area contributed by atoms with Crippen LogP contribution < -0.4 is 10.2 Å². The molecule has 0 radical (unpaired) electrons. The summed E-state index contributed by atoms with van der Waals surface area (Å²) in [5.41, 5.74) is 4.13. The van der Waals surface area contributed by atoms with Crippen LogP contribution in [0.2, 0.25) is 0 Å². The number of nitrogens with zero attached hydrogens (tertiary/aromatic N) is 4. The predicted octanol–water partition coefficient (Wildman–Crippen LogP) is 5.03. The van der Waals surface area contributed by atoms with Crippen LogP contribution in [-0.2, 0) is 0 Å². The molecule has 0 aliphatic carbocycles. The standard InChI is InChI=1S/C19H18N6O.C6H4F2/c26-19(22-14-4-3-13-11-20-23-17(13)9-14)16-12-21-25-8-5-15(10-18(16)25)24-6-1-2-7-24;7-5-1-2-6(8)4-3-5/h3-5,8-12H,1-2,6-7H2,(H,20,23)(H,22,26);1-4H. The number of halogens is 2. The molecule has 5 aromatic rings. The number of pyridine rings is 1. The van der Waals surface area contributed by atoms with E-state index in [1.807, 2.05) is 30.5 Å². The molecule has 2 N–H and O–H groups in total. The van der Waals surface area contributed by atoms with Gasteiger partial charge in [-0.05, 0) is 67.4 Å². The summed E-state index contributed by atoms with van der Waals surface area (Å²) in [6, 6.07) is 14.1. The van der Waals surface area contributed by atoms with Gasteiger partial charge >= 0.3 is 0 Å². The fourth-order valence-electron chi connectivity index (χ4n) is 3.96. The van der Waals surface area contributed by atoms with Gasteiger partial charge in [0.05, 0.1) is 29.0 Å². The van der Waals surface area contributed by atoms with Gasteiger partial charge in [0.1, 0.15) is 11.6 Å². The number of nitrogens with one attached hydrogen (secondary N) is 2. The molecule has 0 bridgehead atoms. The monoisotopic (exact) mass is 460 g/mol. The van der Waals surface area contributed by atoms with E-state index in [-0.39, 0.29) is 5.91 Å². The minimum Gasteiger partial charge on any atom is -0.371 e. The van der Waals surface area contributed by atoms with Crippen LogP contribution in [-0.4, -0.2) is 38.8 Å². The van der Waals surface area contributed by atoms with E-state index in [2.05, 4.69) is 31.6 Å². The molecule has 2 aromatic carbocycles. The van der Waals surface area contributed by atoms with Gasteiger partial charge in [-0.2, -0.15) is 10.2 Å². The minimum absolute atomic E-state index is 0.169. The van der Waals surface area contributed by atoms with Crippen molar-refractivity contribution in [3.05, 3.63) is 90.4 Å². The third-order valence-electron chi connectivity index (χ3n) is 5.72. The van der Waals surface area contributed by atoms with Gasteiger partial charge in [0, 0.05) is 36.0 Å². The number of rotatable bonds is 3. The van der Waals surface area contributed by atoms with Crippen molar-refractivity contribution in [2.24, 2.45) is 0 Å². The molecule has 4 heterocycles. The Kier molecular flexibility index (Phi) is 5.90. The number of hydrogen-bond acceptors (Lipinski definition) is 4. The molecule has 0 atom stereocenters. The van der Waals surface area contributed by atoms with Crippen molar-refractivity contribution in [3.63, 3.8) is 0 Å². The van der Waals surface area contributed by atoms with Crippen LogP contribution in [0.1, 0.15) is 23.2 Å². The highest BCUT2D eigenvalue weighted by Crippen LogP contribution is 2.24. The molecule has 1 aliphatic rings. The van der Waals surface area contributed by atoms with Crippen LogP contribution in [0.15, 0.2) is 73.2 Å². The Morgan fingerprint density at radius 2 is 1.68 bits per heavy atom. The van der Waals surface area contributed by atoms with Crippen molar-refractivity contribution < 1.29 is 13.6 Å². The molecule has 1 fully saturated rings. The van der Waals surface area contributed by atoms with E-state index >= 15 is 0 Å². The third-order valence-corrected chi connectivity index (χ3v) is 5.72. The van der Waals surface area contributed by atoms with Crippen LogP contribution in [0.3, 0.4) is 0 Å². The maximum atomic E-state index is 12.8. The first-order valence-electron chi connectivity index (χ1n) is 10.9. The normalized spacial score (nSPS) is 13.2. The van der Waals surface area contributed by atoms with E-state index < -0.39 is 11.6 Å². The molecular formula is C25H22F2N6O. The number of fused-ring (bicyclic) bond motifs is 2. The Hall–Kier alpha value is -4.27. The second-order valence-electron chi connectivity index (χ2n) is 8.03. The van der Waals surface area contributed by atoms with Crippen molar-refractivity contribution >= 4 is 33.7 Å². The van der Waals surface area contributed by atoms with Crippen molar-refractivity contribution in [1.29, 1.82) is 0 Å². The minimum atomic E-state index is -0.411. The molecule has 34 heavy (non-hydrogen) atoms. The number of carbonyl (C=O) groups excluding carboxylic acids is 1. The number of amides is 1. The first kappa shape index (κ1) is 21.6. The van der Waals surface area contributed by atoms with E-state index in [9.17, 15) is 13.6 Å². The van der Waals surface area contributed by atoms with Gasteiger partial charge in [-0.25, -0.2) is 13.3 Å². The molecular weight excluding hydrogens is 438 g/mol. The average molecular weight is 460 g/mol. The summed E-state index contributed by atoms with van der Waals surface area (Å²) >= 11 is 0. The molecule has 1 amide bonds. The predicted molar refractivity (Wildman–Crippen MR) is 127 cm³/mol. The number of anilines is 2. The molecule has 7 nitrogen and oxygen atoms in total. The number of benzene rings is 2. The Morgan fingerprint density at radius 1 is 0.941 bits per heavy atom. The summed E-state index contributed by atoms with van der Waals surface area (Å²) in [5.74, 6) is -0.991. The maximum Gasteiger partial charge on any atom is 0.259 e. The molecule has 6 rings (SSSR count). The zero-order chi connectivity index (χ0) is 23.5. The van der Waals surface area contributed by atoms with Gasteiger partial charge in [0.2, 0.25) is 0 Å². The summed E-state index contributed by atoms with van der Waals surface area (Å²) in [5, 5.41) is 15.2. The second kappa shape index (κ2) is 9.30. The molecule has 0 saturated carbocycles. The quantitative estimate of drug-likeness (QED) is 0.396. The van der Waals surface area contributed by atoms with Gasteiger partial charge in [-0.15, -0.1) is 0 Å². The van der Waals surface area contributed by atoms with E-state index in [0.717, 1.165) is 65.1 Å². The molecule has 0 spiro atoms. The van der Waals surface area contributed by atoms with Crippen molar-refractivity contribution in [3.8, 4) is 0 Å². The summed E-state index contributed by atoms with van der Waals surface area (Å²) in [6.07, 6.45) is 7.72. The molecule has 3 aromatic heterocycles. The number of aromatic nitrogens is 4. The highest BCUT2D eigenvalue weighted by Gasteiger charge is 2.17. The van der Waals surface area contributed by atoms with Crippen LogP contribution in [0.4, 0.5) is 20.2 Å². The van der Waals surface area contributed by atoms with Crippen molar-refractivity contribution in [1.82, 2.24) is 19.8 Å². The first-order chi connectivity index (χ1) is 16.6. The van der Waals surface area contributed by atoms with Gasteiger partial charge in [-0.3, -0.25) is 9.89 Å². The zero-order valence-electron chi connectivity index (χ0n) is 18.2.